The molecule has 2 rings (SSSR count). The van der Waals surface area contributed by atoms with E-state index in [4.69, 9.17) is 0 Å². The first-order chi connectivity index (χ1) is 9.65. The number of H-pyrrole nitrogens is 2. The highest BCUT2D eigenvalue weighted by molar-refractivity contribution is 5.81. The average molecular weight is 274 g/mol. The van der Waals surface area contributed by atoms with E-state index in [0.29, 0.717) is 5.69 Å². The molecule has 0 bridgehead atoms. The Kier molecular flexibility index (Phi) is 4.12. The van der Waals surface area contributed by atoms with Crippen LogP contribution in [0.25, 0.3) is 0 Å². The van der Waals surface area contributed by atoms with Crippen molar-refractivity contribution in [1.29, 1.82) is 0 Å². The monoisotopic (exact) mass is 274 g/mol. The number of aromatic nitrogens is 4. The van der Waals surface area contributed by atoms with Gasteiger partial charge in [-0.2, -0.15) is 10.2 Å². The van der Waals surface area contributed by atoms with Crippen molar-refractivity contribution in [2.45, 2.75) is 6.42 Å². The van der Waals surface area contributed by atoms with Crippen molar-refractivity contribution in [3.05, 3.63) is 56.6 Å². The molecule has 0 fully saturated rings. The van der Waals surface area contributed by atoms with Crippen LogP contribution in [0.3, 0.4) is 0 Å². The third kappa shape index (κ3) is 3.70. The molecule has 9 nitrogen and oxygen atoms in total. The van der Waals surface area contributed by atoms with Crippen molar-refractivity contribution in [2.75, 3.05) is 0 Å². The number of aromatic amines is 2. The lowest BCUT2D eigenvalue weighted by Crippen LogP contribution is -2.31. The summed E-state index contributed by atoms with van der Waals surface area (Å²) in [7, 11) is 0. The number of rotatable bonds is 4. The maximum atomic E-state index is 11.5. The van der Waals surface area contributed by atoms with E-state index in [0.717, 1.165) is 0 Å². The smallest absolute Gasteiger partial charge is 0.273 e. The fourth-order valence-corrected chi connectivity index (χ4v) is 1.31. The van der Waals surface area contributed by atoms with E-state index >= 15 is 0 Å². The molecule has 2 heterocycles. The summed E-state index contributed by atoms with van der Waals surface area (Å²) in [4.78, 5) is 39.5. The lowest BCUT2D eigenvalue weighted by atomic mass is 10.3. The Morgan fingerprint density at radius 2 is 2.25 bits per heavy atom. The molecule has 0 unspecified atom stereocenters. The number of nitrogens with one attached hydrogen (secondary N) is 3. The highest BCUT2D eigenvalue weighted by Gasteiger charge is 2.08. The van der Waals surface area contributed by atoms with Crippen LogP contribution in [0.4, 0.5) is 0 Å². The van der Waals surface area contributed by atoms with Crippen molar-refractivity contribution >= 4 is 12.1 Å². The highest BCUT2D eigenvalue weighted by Crippen LogP contribution is 1.88. The first-order valence-corrected chi connectivity index (χ1v) is 5.56. The summed E-state index contributed by atoms with van der Waals surface area (Å²) in [5.41, 5.74) is 1.26. The zero-order valence-electron chi connectivity index (χ0n) is 10.2. The molecule has 9 heteroatoms. The van der Waals surface area contributed by atoms with Crippen LogP contribution < -0.4 is 16.7 Å². The molecule has 0 spiro atoms. The summed E-state index contributed by atoms with van der Waals surface area (Å²) >= 11 is 0. The Balaban J connectivity index is 1.94. The van der Waals surface area contributed by atoms with Crippen LogP contribution >= 0.6 is 0 Å². The highest BCUT2D eigenvalue weighted by atomic mass is 16.2. The number of hydrogen-bond donors (Lipinski definition) is 3. The maximum absolute atomic E-state index is 11.5. The Morgan fingerprint density at radius 3 is 2.95 bits per heavy atom. The number of carbonyl (C=O) groups is 1. The summed E-state index contributed by atoms with van der Waals surface area (Å²) in [6.07, 6.45) is 2.65. The van der Waals surface area contributed by atoms with Gasteiger partial charge in [-0.05, 0) is 12.1 Å². The van der Waals surface area contributed by atoms with E-state index in [2.05, 4.69) is 20.6 Å². The third-order valence-corrected chi connectivity index (χ3v) is 2.18. The molecule has 0 atom stereocenters. The van der Waals surface area contributed by atoms with Gasteiger partial charge in [0.2, 0.25) is 5.91 Å². The van der Waals surface area contributed by atoms with E-state index in [1.807, 2.05) is 10.1 Å². The van der Waals surface area contributed by atoms with Crippen LogP contribution in [0.5, 0.6) is 0 Å². The van der Waals surface area contributed by atoms with Crippen molar-refractivity contribution in [3.8, 4) is 0 Å². The summed E-state index contributed by atoms with van der Waals surface area (Å²) < 4.78 is 0. The van der Waals surface area contributed by atoms with Gasteiger partial charge < -0.3 is 0 Å². The van der Waals surface area contributed by atoms with Crippen LogP contribution in [-0.4, -0.2) is 32.3 Å². The van der Waals surface area contributed by atoms with Gasteiger partial charge in [-0.3, -0.25) is 19.6 Å². The Labute approximate surface area is 111 Å². The first kappa shape index (κ1) is 13.3. The molecular weight excluding hydrogens is 264 g/mol. The first-order valence-electron chi connectivity index (χ1n) is 5.56. The summed E-state index contributed by atoms with van der Waals surface area (Å²) in [6, 6.07) is 5.24. The van der Waals surface area contributed by atoms with Crippen molar-refractivity contribution in [2.24, 2.45) is 5.10 Å². The minimum Gasteiger partial charge on any atom is -0.273 e. The van der Waals surface area contributed by atoms with Crippen molar-refractivity contribution < 1.29 is 4.79 Å². The molecule has 1 amide bonds. The zero-order chi connectivity index (χ0) is 14.4. The molecule has 20 heavy (non-hydrogen) atoms. The molecule has 0 aliphatic carbocycles. The minimum atomic E-state index is -0.729. The van der Waals surface area contributed by atoms with Crippen LogP contribution in [0.1, 0.15) is 11.4 Å². The van der Waals surface area contributed by atoms with Gasteiger partial charge in [-0.25, -0.2) is 15.3 Å². The SMILES string of the molecule is O=C(Cc1n[nH]c(=O)[nH]c1=O)NN=Cc1ccccn1. The average Bonchev–Trinajstić information content (AvgIpc) is 2.43. The van der Waals surface area contributed by atoms with E-state index in [9.17, 15) is 14.4 Å². The predicted molar refractivity (Wildman–Crippen MR) is 69.2 cm³/mol. The van der Waals surface area contributed by atoms with Crippen LogP contribution in [-0.2, 0) is 11.2 Å². The number of pyridine rings is 1. The second-order valence-corrected chi connectivity index (χ2v) is 3.68. The molecule has 0 aliphatic rings. The largest absolute Gasteiger partial charge is 0.342 e. The number of hydrazone groups is 1. The molecule has 2 aromatic heterocycles. The Bertz CT molecular complexity index is 734. The van der Waals surface area contributed by atoms with Gasteiger partial charge in [0, 0.05) is 6.20 Å². The van der Waals surface area contributed by atoms with E-state index < -0.39 is 17.2 Å². The summed E-state index contributed by atoms with van der Waals surface area (Å²) in [5, 5.41) is 9.20. The second-order valence-electron chi connectivity index (χ2n) is 3.68. The summed E-state index contributed by atoms with van der Waals surface area (Å²) in [5.74, 6) is -0.540. The standard InChI is InChI=1S/C11H10N6O3/c18-9(5-8-10(19)14-11(20)17-15-8)16-13-6-7-3-1-2-4-12-7/h1-4,6H,5H2,(H,16,18)(H2,14,17,19,20). The van der Waals surface area contributed by atoms with E-state index in [1.54, 1.807) is 24.4 Å². The lowest BCUT2D eigenvalue weighted by Gasteiger charge is -1.97. The van der Waals surface area contributed by atoms with Crippen molar-refractivity contribution in [3.63, 3.8) is 0 Å². The Morgan fingerprint density at radius 1 is 1.40 bits per heavy atom. The van der Waals surface area contributed by atoms with Crippen molar-refractivity contribution in [1.82, 2.24) is 25.6 Å². The topological polar surface area (TPSA) is 133 Å². The molecule has 102 valence electrons. The number of amides is 1. The lowest BCUT2D eigenvalue weighted by molar-refractivity contribution is -0.120. The van der Waals surface area contributed by atoms with Gasteiger partial charge in [-0.15, -0.1) is 0 Å². The normalized spacial score (nSPS) is 10.6. The minimum absolute atomic E-state index is 0.102. The van der Waals surface area contributed by atoms with Crippen LogP contribution in [0.2, 0.25) is 0 Å². The number of carbonyl (C=O) groups excluding carboxylic acids is 1. The molecule has 0 saturated carbocycles. The zero-order valence-corrected chi connectivity index (χ0v) is 10.2. The number of nitrogens with zero attached hydrogens (tertiary/aromatic N) is 3. The predicted octanol–water partition coefficient (Wildman–Crippen LogP) is -1.45. The third-order valence-electron chi connectivity index (χ3n) is 2.18. The van der Waals surface area contributed by atoms with Gasteiger partial charge >= 0.3 is 5.69 Å². The van der Waals surface area contributed by atoms with Gasteiger partial charge in [-0.1, -0.05) is 6.07 Å². The maximum Gasteiger partial charge on any atom is 0.342 e. The van der Waals surface area contributed by atoms with E-state index in [1.165, 1.54) is 6.21 Å². The van der Waals surface area contributed by atoms with Gasteiger partial charge in [0.05, 0.1) is 18.3 Å². The molecule has 0 saturated heterocycles. The van der Waals surface area contributed by atoms with Crippen LogP contribution in [0.15, 0.2) is 39.1 Å². The molecule has 2 aromatic rings. The fraction of sp³-hybridized carbons (Fsp3) is 0.0909. The molecule has 0 aliphatic heterocycles. The summed E-state index contributed by atoms with van der Waals surface area (Å²) in [6.45, 7) is 0. The van der Waals surface area contributed by atoms with Gasteiger partial charge in [0.1, 0.15) is 5.69 Å². The second kappa shape index (κ2) is 6.18. The Hall–Kier alpha value is -3.10. The number of hydrogen-bond acceptors (Lipinski definition) is 6. The fourth-order valence-electron chi connectivity index (χ4n) is 1.31. The van der Waals surface area contributed by atoms with E-state index in [-0.39, 0.29) is 12.1 Å². The van der Waals surface area contributed by atoms with Gasteiger partial charge in [0.15, 0.2) is 0 Å². The molecular formula is C11H10N6O3. The van der Waals surface area contributed by atoms with Gasteiger partial charge in [0.25, 0.3) is 5.56 Å². The molecule has 0 aromatic carbocycles. The molecule has 0 radical (unpaired) electrons. The van der Waals surface area contributed by atoms with Crippen LogP contribution in [0, 0.1) is 0 Å². The molecule has 3 N–H and O–H groups in total. The quantitative estimate of drug-likeness (QED) is 0.463.